The highest BCUT2D eigenvalue weighted by Crippen LogP contribution is 2.35. The summed E-state index contributed by atoms with van der Waals surface area (Å²) in [5, 5.41) is 14.8. The molecule has 0 spiro atoms. The van der Waals surface area contributed by atoms with Crippen molar-refractivity contribution in [2.45, 2.75) is 19.4 Å². The van der Waals surface area contributed by atoms with Crippen molar-refractivity contribution in [2.75, 3.05) is 6.54 Å². The summed E-state index contributed by atoms with van der Waals surface area (Å²) < 4.78 is 0. The van der Waals surface area contributed by atoms with E-state index >= 15 is 0 Å². The fourth-order valence-electron chi connectivity index (χ4n) is 2.22. The highest BCUT2D eigenvalue weighted by Gasteiger charge is 2.32. The van der Waals surface area contributed by atoms with Crippen LogP contribution in [0, 0.1) is 0 Å². The van der Waals surface area contributed by atoms with Crippen LogP contribution in [0.5, 0.6) is 0 Å². The smallest absolute Gasteiger partial charge is 0.190 e. The second kappa shape index (κ2) is 6.03. The zero-order chi connectivity index (χ0) is 13.9. The maximum Gasteiger partial charge on any atom is 0.190 e. The molecule has 0 radical (unpaired) electrons. The average molecular weight is 321 g/mol. The lowest BCUT2D eigenvalue weighted by Gasteiger charge is -2.23. The summed E-state index contributed by atoms with van der Waals surface area (Å²) in [5.74, 6) is 0. The molecule has 0 amide bonds. The summed E-state index contributed by atoms with van der Waals surface area (Å²) in [6, 6.07) is 8.64. The molecule has 3 rings (SSSR count). The van der Waals surface area contributed by atoms with E-state index in [-0.39, 0.29) is 6.04 Å². The number of thiophene rings is 2. The first-order chi connectivity index (χ1) is 9.79. The van der Waals surface area contributed by atoms with E-state index in [1.807, 2.05) is 11.9 Å². The van der Waals surface area contributed by atoms with Crippen LogP contribution in [0.4, 0.5) is 0 Å². The highest BCUT2D eigenvalue weighted by atomic mass is 32.1. The molecule has 104 valence electrons. The van der Waals surface area contributed by atoms with Gasteiger partial charge in [-0.3, -0.25) is 0 Å². The Kier molecular flexibility index (Phi) is 4.14. The van der Waals surface area contributed by atoms with Crippen molar-refractivity contribution >= 4 is 45.7 Å². The zero-order valence-corrected chi connectivity index (χ0v) is 13.5. The lowest BCUT2D eigenvalue weighted by Crippen LogP contribution is -2.36. The summed E-state index contributed by atoms with van der Waals surface area (Å²) in [4.78, 5) is 2.54. The van der Waals surface area contributed by atoms with Crippen molar-refractivity contribution in [1.29, 1.82) is 0 Å². The van der Waals surface area contributed by atoms with Gasteiger partial charge < -0.3 is 5.32 Å². The van der Waals surface area contributed by atoms with E-state index in [4.69, 9.17) is 17.3 Å². The first kappa shape index (κ1) is 13.7. The van der Waals surface area contributed by atoms with Crippen molar-refractivity contribution < 1.29 is 0 Å². The molecule has 0 bridgehead atoms. The summed E-state index contributed by atoms with van der Waals surface area (Å²) in [6.07, 6.45) is 0.909. The molecular formula is C14H15N3S3. The second-order valence-electron chi connectivity index (χ2n) is 4.44. The van der Waals surface area contributed by atoms with Gasteiger partial charge in [0.25, 0.3) is 0 Å². The fraction of sp³-hybridized carbons (Fsp3) is 0.286. The quantitative estimate of drug-likeness (QED) is 0.870. The van der Waals surface area contributed by atoms with Crippen molar-refractivity contribution in [3.8, 4) is 0 Å². The van der Waals surface area contributed by atoms with Crippen molar-refractivity contribution in [1.82, 2.24) is 10.3 Å². The van der Waals surface area contributed by atoms with E-state index in [1.54, 1.807) is 22.7 Å². The van der Waals surface area contributed by atoms with Crippen LogP contribution in [0.2, 0.25) is 0 Å². The monoisotopic (exact) mass is 321 g/mol. The molecule has 1 aliphatic rings. The molecule has 0 saturated heterocycles. The molecule has 6 heteroatoms. The average Bonchev–Trinajstić information content (AvgIpc) is 3.19. The molecule has 1 aliphatic heterocycles. The van der Waals surface area contributed by atoms with Gasteiger partial charge in [0.15, 0.2) is 5.11 Å². The van der Waals surface area contributed by atoms with E-state index in [0.29, 0.717) is 5.11 Å². The van der Waals surface area contributed by atoms with E-state index in [1.165, 1.54) is 9.75 Å². The molecule has 1 atom stereocenters. The van der Waals surface area contributed by atoms with Crippen LogP contribution in [0.15, 0.2) is 40.1 Å². The Morgan fingerprint density at radius 3 is 2.85 bits per heavy atom. The van der Waals surface area contributed by atoms with Crippen molar-refractivity contribution in [2.24, 2.45) is 5.10 Å². The van der Waals surface area contributed by atoms with Gasteiger partial charge in [0, 0.05) is 17.8 Å². The van der Waals surface area contributed by atoms with Gasteiger partial charge in [-0.2, -0.15) is 5.10 Å². The molecule has 2 aromatic rings. The lowest BCUT2D eigenvalue weighted by atomic mass is 10.1. The van der Waals surface area contributed by atoms with Gasteiger partial charge in [0.2, 0.25) is 0 Å². The standard InChI is InChI=1S/C14H15N3S3/c1-2-15-14(18)17-11(13-6-4-8-20-13)9-10(16-17)12-5-3-7-19-12/h3-8,11H,2,9H2,1H3,(H,15,18). The molecule has 20 heavy (non-hydrogen) atoms. The van der Waals surface area contributed by atoms with Gasteiger partial charge in [0.05, 0.1) is 16.6 Å². The molecule has 0 fully saturated rings. The van der Waals surface area contributed by atoms with Crippen molar-refractivity contribution in [3.05, 3.63) is 44.8 Å². The summed E-state index contributed by atoms with van der Waals surface area (Å²) in [6.45, 7) is 2.86. The van der Waals surface area contributed by atoms with E-state index in [0.717, 1.165) is 18.7 Å². The highest BCUT2D eigenvalue weighted by molar-refractivity contribution is 7.80. The molecule has 1 N–H and O–H groups in total. The minimum atomic E-state index is 0.221. The van der Waals surface area contributed by atoms with Gasteiger partial charge in [-0.15, -0.1) is 22.7 Å². The Morgan fingerprint density at radius 1 is 1.40 bits per heavy atom. The van der Waals surface area contributed by atoms with Crippen LogP contribution in [0.1, 0.15) is 29.1 Å². The number of hydrazone groups is 1. The molecule has 0 saturated carbocycles. The molecule has 3 heterocycles. The van der Waals surface area contributed by atoms with Crippen LogP contribution in [0.25, 0.3) is 0 Å². The molecule has 0 aromatic carbocycles. The Balaban J connectivity index is 1.90. The number of nitrogens with one attached hydrogen (secondary N) is 1. The van der Waals surface area contributed by atoms with E-state index in [9.17, 15) is 0 Å². The van der Waals surface area contributed by atoms with Gasteiger partial charge in [0.1, 0.15) is 0 Å². The van der Waals surface area contributed by atoms with Crippen LogP contribution in [-0.4, -0.2) is 22.4 Å². The minimum absolute atomic E-state index is 0.221. The normalized spacial score (nSPS) is 18.1. The third kappa shape index (κ3) is 2.63. The summed E-state index contributed by atoms with van der Waals surface area (Å²) in [7, 11) is 0. The zero-order valence-electron chi connectivity index (χ0n) is 11.1. The molecule has 3 nitrogen and oxygen atoms in total. The number of hydrogen-bond donors (Lipinski definition) is 1. The largest absolute Gasteiger partial charge is 0.361 e. The lowest BCUT2D eigenvalue weighted by molar-refractivity contribution is 0.369. The second-order valence-corrected chi connectivity index (χ2v) is 6.75. The third-order valence-electron chi connectivity index (χ3n) is 3.12. The van der Waals surface area contributed by atoms with Crippen LogP contribution < -0.4 is 5.32 Å². The first-order valence-corrected chi connectivity index (χ1v) is 8.68. The summed E-state index contributed by atoms with van der Waals surface area (Å²) in [5.41, 5.74) is 1.12. The number of hydrogen-bond acceptors (Lipinski definition) is 4. The Labute approximate surface area is 131 Å². The maximum absolute atomic E-state index is 5.46. The fourth-order valence-corrected chi connectivity index (χ4v) is 4.07. The van der Waals surface area contributed by atoms with Crippen LogP contribution in [-0.2, 0) is 0 Å². The van der Waals surface area contributed by atoms with Gasteiger partial charge in [-0.25, -0.2) is 5.01 Å². The SMILES string of the molecule is CCNC(=S)N1N=C(c2cccs2)CC1c1cccs1. The van der Waals surface area contributed by atoms with Crippen molar-refractivity contribution in [3.63, 3.8) is 0 Å². The predicted octanol–water partition coefficient (Wildman–Crippen LogP) is 3.86. The maximum atomic E-state index is 5.46. The van der Waals surface area contributed by atoms with Gasteiger partial charge in [-0.05, 0) is 42.0 Å². The number of nitrogens with zero attached hydrogens (tertiary/aromatic N) is 2. The minimum Gasteiger partial charge on any atom is -0.361 e. The van der Waals surface area contributed by atoms with Gasteiger partial charge >= 0.3 is 0 Å². The van der Waals surface area contributed by atoms with Gasteiger partial charge in [-0.1, -0.05) is 12.1 Å². The third-order valence-corrected chi connectivity index (χ3v) is 5.35. The molecular weight excluding hydrogens is 306 g/mol. The van der Waals surface area contributed by atoms with Crippen LogP contribution in [0.3, 0.4) is 0 Å². The van der Waals surface area contributed by atoms with Crippen LogP contribution >= 0.6 is 34.9 Å². The molecule has 2 aromatic heterocycles. The number of thiocarbonyl (C=S) groups is 1. The Bertz CT molecular complexity index is 602. The molecule has 1 unspecified atom stereocenters. The summed E-state index contributed by atoms with van der Waals surface area (Å²) >= 11 is 8.95. The number of rotatable bonds is 3. The predicted molar refractivity (Wildman–Crippen MR) is 90.6 cm³/mol. The van der Waals surface area contributed by atoms with E-state index < -0.39 is 0 Å². The topological polar surface area (TPSA) is 27.6 Å². The van der Waals surface area contributed by atoms with E-state index in [2.05, 4.69) is 40.3 Å². The Hall–Kier alpha value is -1.24. The molecule has 0 aliphatic carbocycles. The Morgan fingerprint density at radius 2 is 2.20 bits per heavy atom. The first-order valence-electron chi connectivity index (χ1n) is 6.51.